The van der Waals surface area contributed by atoms with Crippen LogP contribution in [0.2, 0.25) is 0 Å². The second-order valence-electron chi connectivity index (χ2n) is 6.28. The summed E-state index contributed by atoms with van der Waals surface area (Å²) in [5.74, 6) is 1.27. The van der Waals surface area contributed by atoms with Crippen molar-refractivity contribution in [3.05, 3.63) is 28.0 Å². The summed E-state index contributed by atoms with van der Waals surface area (Å²) in [7, 11) is 0. The fourth-order valence-corrected chi connectivity index (χ4v) is 6.15. The molecule has 0 radical (unpaired) electrons. The van der Waals surface area contributed by atoms with Crippen molar-refractivity contribution in [2.45, 2.75) is 77.0 Å². The lowest BCUT2D eigenvalue weighted by Gasteiger charge is -2.03. The Hall–Kier alpha value is -0.250. The Morgan fingerprint density at radius 3 is 2.17 bits per heavy atom. The average Bonchev–Trinajstić information content (AvgIpc) is 3.11. The van der Waals surface area contributed by atoms with E-state index in [2.05, 4.69) is 50.7 Å². The van der Waals surface area contributed by atoms with Crippen LogP contribution in [0.5, 0.6) is 0 Å². The Kier molecular flexibility index (Phi) is 8.78. The molecule has 0 nitrogen and oxygen atoms in total. The van der Waals surface area contributed by atoms with Crippen molar-refractivity contribution in [2.75, 3.05) is 5.75 Å². The maximum atomic E-state index is 2.38. The summed E-state index contributed by atoms with van der Waals surface area (Å²) in [4.78, 5) is 7.27. The molecule has 0 aliphatic heterocycles. The SMILES string of the molecule is CCCCCCCCCCSc1cc(C)sc1-c1ccc(C)s1. The van der Waals surface area contributed by atoms with Gasteiger partial charge in [-0.1, -0.05) is 51.9 Å². The van der Waals surface area contributed by atoms with Crippen LogP contribution in [-0.4, -0.2) is 5.75 Å². The molecular weight excluding hydrogens is 336 g/mol. The van der Waals surface area contributed by atoms with Crippen molar-refractivity contribution in [2.24, 2.45) is 0 Å². The van der Waals surface area contributed by atoms with Crippen molar-refractivity contribution in [3.8, 4) is 9.75 Å². The topological polar surface area (TPSA) is 0 Å². The van der Waals surface area contributed by atoms with E-state index in [1.54, 1.807) is 0 Å². The highest BCUT2D eigenvalue weighted by Gasteiger charge is 2.11. The first-order valence-electron chi connectivity index (χ1n) is 9.00. The molecule has 3 heteroatoms. The molecule has 0 aromatic carbocycles. The van der Waals surface area contributed by atoms with Crippen LogP contribution >= 0.6 is 34.4 Å². The third-order valence-corrected chi connectivity index (χ3v) is 7.53. The number of hydrogen-bond donors (Lipinski definition) is 0. The first kappa shape index (κ1) is 19.1. The molecule has 23 heavy (non-hydrogen) atoms. The predicted molar refractivity (Wildman–Crippen MR) is 110 cm³/mol. The van der Waals surface area contributed by atoms with E-state index in [0.717, 1.165) is 0 Å². The van der Waals surface area contributed by atoms with Gasteiger partial charge in [-0.05, 0) is 44.2 Å². The number of thiophene rings is 2. The summed E-state index contributed by atoms with van der Waals surface area (Å²) in [5, 5.41) is 0. The Labute approximate surface area is 154 Å². The molecule has 0 aliphatic rings. The lowest BCUT2D eigenvalue weighted by Crippen LogP contribution is -1.83. The fourth-order valence-electron chi connectivity index (χ4n) is 2.74. The highest BCUT2D eigenvalue weighted by atomic mass is 32.2. The molecule has 0 aliphatic carbocycles. The van der Waals surface area contributed by atoms with Crippen LogP contribution in [0.25, 0.3) is 9.75 Å². The minimum Gasteiger partial charge on any atom is -0.140 e. The van der Waals surface area contributed by atoms with E-state index in [1.165, 1.54) is 81.5 Å². The fraction of sp³-hybridized carbons (Fsp3) is 0.600. The van der Waals surface area contributed by atoms with E-state index in [0.29, 0.717) is 0 Å². The molecule has 0 N–H and O–H groups in total. The van der Waals surface area contributed by atoms with Gasteiger partial charge < -0.3 is 0 Å². The predicted octanol–water partition coefficient (Wildman–Crippen LogP) is 8.33. The zero-order valence-corrected chi connectivity index (χ0v) is 17.3. The molecule has 2 heterocycles. The number of unbranched alkanes of at least 4 members (excludes halogenated alkanes) is 7. The molecule has 128 valence electrons. The van der Waals surface area contributed by atoms with Crippen molar-refractivity contribution in [1.29, 1.82) is 0 Å². The average molecular weight is 367 g/mol. The Morgan fingerprint density at radius 1 is 0.826 bits per heavy atom. The molecular formula is C20H30S3. The molecule has 2 aromatic rings. The molecule has 0 atom stereocenters. The highest BCUT2D eigenvalue weighted by molar-refractivity contribution is 7.99. The number of hydrogen-bond acceptors (Lipinski definition) is 3. The monoisotopic (exact) mass is 366 g/mol. The first-order valence-corrected chi connectivity index (χ1v) is 11.6. The van der Waals surface area contributed by atoms with Crippen LogP contribution in [0.3, 0.4) is 0 Å². The summed E-state index contributed by atoms with van der Waals surface area (Å²) in [6.45, 7) is 6.71. The third kappa shape index (κ3) is 6.64. The molecule has 0 amide bonds. The van der Waals surface area contributed by atoms with Crippen LogP contribution in [-0.2, 0) is 0 Å². The molecule has 0 saturated heterocycles. The minimum absolute atomic E-state index is 1.27. The summed E-state index contributed by atoms with van der Waals surface area (Å²) in [6, 6.07) is 6.90. The van der Waals surface area contributed by atoms with Gasteiger partial charge >= 0.3 is 0 Å². The van der Waals surface area contributed by atoms with E-state index in [4.69, 9.17) is 0 Å². The van der Waals surface area contributed by atoms with Crippen LogP contribution in [0, 0.1) is 13.8 Å². The normalized spacial score (nSPS) is 11.3. The summed E-state index contributed by atoms with van der Waals surface area (Å²) in [5.41, 5.74) is 0. The van der Waals surface area contributed by atoms with Gasteiger partial charge in [0.2, 0.25) is 0 Å². The van der Waals surface area contributed by atoms with Gasteiger partial charge in [-0.2, -0.15) is 0 Å². The summed E-state index contributed by atoms with van der Waals surface area (Å²) in [6.07, 6.45) is 11.2. The maximum absolute atomic E-state index is 2.38. The second-order valence-corrected chi connectivity index (χ2v) is 9.97. The Bertz CT molecular complexity index is 565. The molecule has 0 unspecified atom stereocenters. The standard InChI is InChI=1S/C20H30S3/c1-4-5-6-7-8-9-10-11-14-21-19-15-17(3)23-20(19)18-13-12-16(2)22-18/h12-13,15H,4-11,14H2,1-3H3. The van der Waals surface area contributed by atoms with E-state index in [1.807, 2.05) is 22.7 Å². The van der Waals surface area contributed by atoms with E-state index >= 15 is 0 Å². The molecule has 0 bridgehead atoms. The Balaban J connectivity index is 1.70. The summed E-state index contributed by atoms with van der Waals surface area (Å²) >= 11 is 5.93. The van der Waals surface area contributed by atoms with Gasteiger partial charge in [0.25, 0.3) is 0 Å². The smallest absolute Gasteiger partial charge is 0.0581 e. The van der Waals surface area contributed by atoms with Gasteiger partial charge in [0.15, 0.2) is 0 Å². The number of aryl methyl sites for hydroxylation is 2. The summed E-state index contributed by atoms with van der Waals surface area (Å²) < 4.78 is 0. The molecule has 2 aromatic heterocycles. The molecule has 2 rings (SSSR count). The zero-order chi connectivity index (χ0) is 16.5. The van der Waals surface area contributed by atoms with Crippen LogP contribution < -0.4 is 0 Å². The van der Waals surface area contributed by atoms with E-state index < -0.39 is 0 Å². The van der Waals surface area contributed by atoms with Crippen molar-refractivity contribution in [1.82, 2.24) is 0 Å². The quantitative estimate of drug-likeness (QED) is 0.284. The lowest BCUT2D eigenvalue weighted by molar-refractivity contribution is 0.586. The minimum atomic E-state index is 1.27. The Morgan fingerprint density at radius 2 is 1.52 bits per heavy atom. The molecule has 0 saturated carbocycles. The van der Waals surface area contributed by atoms with E-state index in [-0.39, 0.29) is 0 Å². The zero-order valence-electron chi connectivity index (χ0n) is 14.8. The first-order chi connectivity index (χ1) is 11.2. The van der Waals surface area contributed by atoms with Gasteiger partial charge in [-0.3, -0.25) is 0 Å². The maximum Gasteiger partial charge on any atom is 0.0581 e. The second kappa shape index (κ2) is 10.6. The molecule has 0 spiro atoms. The van der Waals surface area contributed by atoms with Crippen molar-refractivity contribution < 1.29 is 0 Å². The van der Waals surface area contributed by atoms with Gasteiger partial charge in [-0.15, -0.1) is 34.4 Å². The van der Waals surface area contributed by atoms with Gasteiger partial charge in [-0.25, -0.2) is 0 Å². The van der Waals surface area contributed by atoms with Gasteiger partial charge in [0.05, 0.1) is 4.88 Å². The van der Waals surface area contributed by atoms with Crippen LogP contribution in [0.15, 0.2) is 23.1 Å². The van der Waals surface area contributed by atoms with Crippen molar-refractivity contribution >= 4 is 34.4 Å². The molecule has 0 fully saturated rings. The van der Waals surface area contributed by atoms with Crippen LogP contribution in [0.4, 0.5) is 0 Å². The highest BCUT2D eigenvalue weighted by Crippen LogP contribution is 2.41. The van der Waals surface area contributed by atoms with Gasteiger partial charge in [0, 0.05) is 19.5 Å². The van der Waals surface area contributed by atoms with E-state index in [9.17, 15) is 0 Å². The number of thioether (sulfide) groups is 1. The third-order valence-electron chi connectivity index (χ3n) is 4.04. The van der Waals surface area contributed by atoms with Crippen LogP contribution in [0.1, 0.15) is 68.0 Å². The number of rotatable bonds is 11. The van der Waals surface area contributed by atoms with Crippen molar-refractivity contribution in [3.63, 3.8) is 0 Å². The largest absolute Gasteiger partial charge is 0.140 e. The van der Waals surface area contributed by atoms with Gasteiger partial charge in [0.1, 0.15) is 0 Å². The lowest BCUT2D eigenvalue weighted by atomic mass is 10.1.